The highest BCUT2D eigenvalue weighted by Gasteiger charge is 2.29. The molecule has 32 heavy (non-hydrogen) atoms. The van der Waals surface area contributed by atoms with Crippen molar-refractivity contribution in [1.82, 2.24) is 9.97 Å². The van der Waals surface area contributed by atoms with E-state index in [1.54, 1.807) is 0 Å². The van der Waals surface area contributed by atoms with Gasteiger partial charge in [-0.15, -0.1) is 0 Å². The molecule has 0 amide bonds. The molecule has 2 aromatic rings. The average Bonchev–Trinajstić information content (AvgIpc) is 3.24. The summed E-state index contributed by atoms with van der Waals surface area (Å²) in [6, 6.07) is 8.79. The van der Waals surface area contributed by atoms with Gasteiger partial charge in [0.25, 0.3) is 0 Å². The van der Waals surface area contributed by atoms with Crippen LogP contribution < -0.4 is 0 Å². The number of nitrogens with zero attached hydrogens (tertiary/aromatic N) is 2. The van der Waals surface area contributed by atoms with E-state index in [1.165, 1.54) is 48.6 Å². The maximum absolute atomic E-state index is 12.9. The number of allylic oxidation sites excluding steroid dienone is 2. The molecule has 4 nitrogen and oxygen atoms in total. The molecule has 0 radical (unpaired) electrons. The first-order valence-electron chi connectivity index (χ1n) is 12.0. The quantitative estimate of drug-likeness (QED) is 0.521. The summed E-state index contributed by atoms with van der Waals surface area (Å²) >= 11 is 0. The lowest BCUT2D eigenvalue weighted by molar-refractivity contribution is 0.0984. The minimum atomic E-state index is -0.0725. The second-order valence-corrected chi connectivity index (χ2v) is 11.3. The standard InChI is InChI=1S/C28H35N3O/c1-27(2)11-7-19(8-12-27)21-5-6-22(16-25(32)26-30-18-23(17-29)31-26)24(15-21)20-9-13-28(3,4)14-10-20/h5-6,9,15,18-19H,7-8,10-14,16H2,1-4H3,(H,30,31). The first-order chi connectivity index (χ1) is 15.2. The maximum Gasteiger partial charge on any atom is 0.202 e. The highest BCUT2D eigenvalue weighted by atomic mass is 16.1. The fourth-order valence-corrected chi connectivity index (χ4v) is 5.13. The van der Waals surface area contributed by atoms with Crippen LogP contribution in [-0.2, 0) is 6.42 Å². The van der Waals surface area contributed by atoms with Gasteiger partial charge in [-0.25, -0.2) is 4.98 Å². The van der Waals surface area contributed by atoms with Crippen LogP contribution in [0.2, 0.25) is 0 Å². The third-order valence-electron chi connectivity index (χ3n) is 7.57. The Morgan fingerprint density at radius 3 is 2.53 bits per heavy atom. The van der Waals surface area contributed by atoms with Gasteiger partial charge in [0.2, 0.25) is 5.78 Å². The number of rotatable bonds is 5. The predicted octanol–water partition coefficient (Wildman–Crippen LogP) is 6.98. The van der Waals surface area contributed by atoms with Gasteiger partial charge < -0.3 is 4.98 Å². The first-order valence-corrected chi connectivity index (χ1v) is 12.0. The van der Waals surface area contributed by atoms with Crippen LogP contribution >= 0.6 is 0 Å². The van der Waals surface area contributed by atoms with Gasteiger partial charge >= 0.3 is 0 Å². The van der Waals surface area contributed by atoms with Crippen LogP contribution in [0.1, 0.15) is 112 Å². The van der Waals surface area contributed by atoms with Crippen molar-refractivity contribution in [3.63, 3.8) is 0 Å². The van der Waals surface area contributed by atoms with Gasteiger partial charge in [0.05, 0.1) is 6.20 Å². The highest BCUT2D eigenvalue weighted by molar-refractivity contribution is 5.95. The molecule has 2 aliphatic rings. The van der Waals surface area contributed by atoms with Gasteiger partial charge in [0.15, 0.2) is 5.82 Å². The summed E-state index contributed by atoms with van der Waals surface area (Å²) in [5.74, 6) is 0.803. The Kier molecular flexibility index (Phi) is 6.12. The van der Waals surface area contributed by atoms with E-state index in [0.717, 1.165) is 24.8 Å². The summed E-state index contributed by atoms with van der Waals surface area (Å²) in [7, 11) is 0. The number of H-pyrrole nitrogens is 1. The summed E-state index contributed by atoms with van der Waals surface area (Å²) in [5, 5.41) is 9.03. The summed E-state index contributed by atoms with van der Waals surface area (Å²) < 4.78 is 0. The van der Waals surface area contributed by atoms with Crippen molar-refractivity contribution < 1.29 is 4.79 Å². The lowest BCUT2D eigenvalue weighted by atomic mass is 9.70. The second kappa shape index (κ2) is 8.70. The SMILES string of the molecule is CC1(C)CC=C(c2cc(C3CCC(C)(C)CC3)ccc2CC(=O)c2ncc(C#N)[nH]2)CC1. The zero-order chi connectivity index (χ0) is 22.9. The van der Waals surface area contributed by atoms with Crippen molar-refractivity contribution in [3.05, 3.63) is 58.7 Å². The van der Waals surface area contributed by atoms with Crippen molar-refractivity contribution in [2.24, 2.45) is 10.8 Å². The largest absolute Gasteiger partial charge is 0.327 e. The molecule has 0 bridgehead atoms. The van der Waals surface area contributed by atoms with Crippen molar-refractivity contribution in [2.45, 2.75) is 85.0 Å². The molecular weight excluding hydrogens is 394 g/mol. The van der Waals surface area contributed by atoms with Crippen molar-refractivity contribution >= 4 is 11.4 Å². The normalized spacial score (nSPS) is 20.4. The monoisotopic (exact) mass is 429 g/mol. The number of imidazole rings is 1. The third kappa shape index (κ3) is 5.04. The molecule has 2 aliphatic carbocycles. The molecule has 0 atom stereocenters. The molecule has 1 fully saturated rings. The third-order valence-corrected chi connectivity index (χ3v) is 7.57. The zero-order valence-electron chi connectivity index (χ0n) is 19.9. The zero-order valence-corrected chi connectivity index (χ0v) is 19.9. The van der Waals surface area contributed by atoms with E-state index >= 15 is 0 Å². The lowest BCUT2D eigenvalue weighted by Gasteiger charge is -2.35. The Morgan fingerprint density at radius 2 is 1.91 bits per heavy atom. The molecule has 0 spiro atoms. The van der Waals surface area contributed by atoms with Crippen LogP contribution in [0.5, 0.6) is 0 Å². The molecule has 1 saturated carbocycles. The molecule has 0 unspecified atom stereocenters. The van der Waals surface area contributed by atoms with Crippen molar-refractivity contribution in [1.29, 1.82) is 5.26 Å². The fourth-order valence-electron chi connectivity index (χ4n) is 5.13. The number of aromatic nitrogens is 2. The number of carbonyl (C=O) groups is 1. The molecule has 0 aliphatic heterocycles. The number of Topliss-reactive ketones (excluding diaryl/α,β-unsaturated/α-hetero) is 1. The number of aromatic amines is 1. The summed E-state index contributed by atoms with van der Waals surface area (Å²) in [6.07, 6.45) is 12.4. The number of carbonyl (C=O) groups excluding carboxylic acids is 1. The van der Waals surface area contributed by atoms with E-state index in [9.17, 15) is 4.79 Å². The molecular formula is C28H35N3O. The Balaban J connectivity index is 1.64. The van der Waals surface area contributed by atoms with Crippen molar-refractivity contribution in [2.75, 3.05) is 0 Å². The lowest BCUT2D eigenvalue weighted by Crippen LogP contribution is -2.20. The summed E-state index contributed by atoms with van der Waals surface area (Å²) in [6.45, 7) is 9.41. The van der Waals surface area contributed by atoms with Gasteiger partial charge in [-0.2, -0.15) is 5.26 Å². The van der Waals surface area contributed by atoms with Gasteiger partial charge in [-0.3, -0.25) is 4.79 Å². The van der Waals surface area contributed by atoms with E-state index in [0.29, 0.717) is 28.9 Å². The van der Waals surface area contributed by atoms with E-state index in [-0.39, 0.29) is 11.6 Å². The Morgan fingerprint density at radius 1 is 1.16 bits per heavy atom. The molecule has 0 saturated heterocycles. The molecule has 4 rings (SSSR count). The van der Waals surface area contributed by atoms with Crippen LogP contribution in [0.3, 0.4) is 0 Å². The van der Waals surface area contributed by atoms with Crippen LogP contribution in [0.4, 0.5) is 0 Å². The smallest absolute Gasteiger partial charge is 0.202 e. The average molecular weight is 430 g/mol. The Hall–Kier alpha value is -2.67. The van der Waals surface area contributed by atoms with Crippen LogP contribution in [-0.4, -0.2) is 15.8 Å². The number of benzene rings is 1. The van der Waals surface area contributed by atoms with Gasteiger partial charge in [0, 0.05) is 6.42 Å². The van der Waals surface area contributed by atoms with Crippen LogP contribution in [0.15, 0.2) is 30.5 Å². The van der Waals surface area contributed by atoms with E-state index in [1.807, 2.05) is 6.07 Å². The van der Waals surface area contributed by atoms with E-state index < -0.39 is 0 Å². The summed E-state index contributed by atoms with van der Waals surface area (Å²) in [4.78, 5) is 19.9. The number of ketones is 1. The Labute approximate surface area is 192 Å². The minimum absolute atomic E-state index is 0.0725. The number of nitrogens with one attached hydrogen (secondary N) is 1. The molecule has 4 heteroatoms. The molecule has 168 valence electrons. The second-order valence-electron chi connectivity index (χ2n) is 11.3. The van der Waals surface area contributed by atoms with Crippen LogP contribution in [0.25, 0.3) is 5.57 Å². The molecule has 1 heterocycles. The summed E-state index contributed by atoms with van der Waals surface area (Å²) in [5.41, 5.74) is 6.22. The molecule has 1 N–H and O–H groups in total. The first kappa shape index (κ1) is 22.5. The van der Waals surface area contributed by atoms with Gasteiger partial charge in [-0.05, 0) is 84.0 Å². The number of nitriles is 1. The topological polar surface area (TPSA) is 69.5 Å². The van der Waals surface area contributed by atoms with Crippen LogP contribution in [0, 0.1) is 22.2 Å². The van der Waals surface area contributed by atoms with Gasteiger partial charge in [0.1, 0.15) is 11.8 Å². The molecule has 1 aromatic carbocycles. The predicted molar refractivity (Wildman–Crippen MR) is 128 cm³/mol. The highest BCUT2D eigenvalue weighted by Crippen LogP contribution is 2.44. The van der Waals surface area contributed by atoms with Crippen molar-refractivity contribution in [3.8, 4) is 6.07 Å². The molecule has 1 aromatic heterocycles. The maximum atomic E-state index is 12.9. The number of hydrogen-bond donors (Lipinski definition) is 1. The van der Waals surface area contributed by atoms with E-state index in [2.05, 4.69) is 61.9 Å². The van der Waals surface area contributed by atoms with Gasteiger partial charge in [-0.1, -0.05) is 52.0 Å². The minimum Gasteiger partial charge on any atom is -0.327 e. The Bertz CT molecular complexity index is 1070. The number of hydrogen-bond acceptors (Lipinski definition) is 3. The van der Waals surface area contributed by atoms with E-state index in [4.69, 9.17) is 5.26 Å². The fraction of sp³-hybridized carbons (Fsp3) is 0.536.